The molecule has 0 spiro atoms. The molecule has 1 unspecified atom stereocenters. The molecule has 0 aliphatic carbocycles. The van der Waals surface area contributed by atoms with Gasteiger partial charge in [0.2, 0.25) is 11.8 Å². The number of hydrogen-bond donors (Lipinski definition) is 0. The van der Waals surface area contributed by atoms with Crippen LogP contribution in [0.1, 0.15) is 36.8 Å². The molecule has 1 aliphatic rings. The zero-order valence-corrected chi connectivity index (χ0v) is 16.3. The van der Waals surface area contributed by atoms with Crippen LogP contribution >= 0.6 is 0 Å². The molecule has 28 heavy (non-hydrogen) atoms. The largest absolute Gasteiger partial charge is 0.339 e. The number of carbonyl (C=O) groups is 2. The summed E-state index contributed by atoms with van der Waals surface area (Å²) in [6.07, 6.45) is 1.50. The summed E-state index contributed by atoms with van der Waals surface area (Å²) in [6.45, 7) is 4.40. The zero-order valence-electron chi connectivity index (χ0n) is 16.3. The Kier molecular flexibility index (Phi) is 6.80. The van der Waals surface area contributed by atoms with Crippen LogP contribution in [0.15, 0.2) is 54.6 Å². The molecule has 5 heteroatoms. The SMILES string of the molecule is CC(CC(=O)N1CCN(C(=O)CCc2ccc(F)cc2)CC1)c1ccccc1. The second-order valence-electron chi connectivity index (χ2n) is 7.40. The van der Waals surface area contributed by atoms with Crippen molar-refractivity contribution in [3.8, 4) is 0 Å². The van der Waals surface area contributed by atoms with E-state index in [1.54, 1.807) is 12.1 Å². The maximum absolute atomic E-state index is 12.9. The summed E-state index contributed by atoms with van der Waals surface area (Å²) in [5.74, 6) is 0.158. The molecule has 2 aromatic rings. The fraction of sp³-hybridized carbons (Fsp3) is 0.391. The molecule has 1 fully saturated rings. The third-order valence-corrected chi connectivity index (χ3v) is 5.38. The van der Waals surface area contributed by atoms with Crippen LogP contribution < -0.4 is 0 Å². The molecule has 0 saturated carbocycles. The van der Waals surface area contributed by atoms with E-state index in [-0.39, 0.29) is 23.5 Å². The zero-order chi connectivity index (χ0) is 19.9. The lowest BCUT2D eigenvalue weighted by Crippen LogP contribution is -2.50. The smallest absolute Gasteiger partial charge is 0.223 e. The van der Waals surface area contributed by atoms with Gasteiger partial charge in [-0.2, -0.15) is 0 Å². The summed E-state index contributed by atoms with van der Waals surface area (Å²) < 4.78 is 12.9. The van der Waals surface area contributed by atoms with Crippen LogP contribution in [0, 0.1) is 5.82 Å². The highest BCUT2D eigenvalue weighted by molar-refractivity contribution is 5.79. The van der Waals surface area contributed by atoms with E-state index < -0.39 is 0 Å². The van der Waals surface area contributed by atoms with Crippen LogP contribution in [0.5, 0.6) is 0 Å². The lowest BCUT2D eigenvalue weighted by atomic mass is 9.97. The number of amides is 2. The van der Waals surface area contributed by atoms with Gasteiger partial charge in [0.25, 0.3) is 0 Å². The van der Waals surface area contributed by atoms with Crippen molar-refractivity contribution in [2.45, 2.75) is 32.1 Å². The molecule has 2 amide bonds. The first-order valence-corrected chi connectivity index (χ1v) is 9.88. The summed E-state index contributed by atoms with van der Waals surface area (Å²) >= 11 is 0. The van der Waals surface area contributed by atoms with Gasteiger partial charge in [-0.1, -0.05) is 49.4 Å². The summed E-state index contributed by atoms with van der Waals surface area (Å²) in [4.78, 5) is 28.7. The Morgan fingerprint density at radius 1 is 0.893 bits per heavy atom. The second kappa shape index (κ2) is 9.49. The molecule has 148 valence electrons. The Morgan fingerprint density at radius 2 is 1.46 bits per heavy atom. The van der Waals surface area contributed by atoms with Gasteiger partial charge in [-0.3, -0.25) is 9.59 Å². The molecular formula is C23H27FN2O2. The molecule has 1 heterocycles. The van der Waals surface area contributed by atoms with E-state index in [0.717, 1.165) is 5.56 Å². The second-order valence-corrected chi connectivity index (χ2v) is 7.40. The minimum Gasteiger partial charge on any atom is -0.339 e. The van der Waals surface area contributed by atoms with E-state index in [0.29, 0.717) is 45.4 Å². The lowest BCUT2D eigenvalue weighted by molar-refractivity contribution is -0.139. The van der Waals surface area contributed by atoms with E-state index in [4.69, 9.17) is 0 Å². The number of carbonyl (C=O) groups excluding carboxylic acids is 2. The van der Waals surface area contributed by atoms with Gasteiger partial charge >= 0.3 is 0 Å². The topological polar surface area (TPSA) is 40.6 Å². The van der Waals surface area contributed by atoms with Crippen LogP contribution in [-0.4, -0.2) is 47.8 Å². The van der Waals surface area contributed by atoms with Gasteiger partial charge in [-0.15, -0.1) is 0 Å². The van der Waals surface area contributed by atoms with Crippen molar-refractivity contribution in [1.29, 1.82) is 0 Å². The molecule has 1 atom stereocenters. The van der Waals surface area contributed by atoms with Crippen molar-refractivity contribution in [2.24, 2.45) is 0 Å². The summed E-state index contributed by atoms with van der Waals surface area (Å²) in [6, 6.07) is 16.3. The van der Waals surface area contributed by atoms with E-state index in [1.807, 2.05) is 28.0 Å². The van der Waals surface area contributed by atoms with Gasteiger partial charge < -0.3 is 9.80 Å². The molecule has 0 radical (unpaired) electrons. The number of benzene rings is 2. The van der Waals surface area contributed by atoms with Crippen LogP contribution in [0.3, 0.4) is 0 Å². The first-order valence-electron chi connectivity index (χ1n) is 9.88. The van der Waals surface area contributed by atoms with Gasteiger partial charge in [0.1, 0.15) is 5.82 Å². The van der Waals surface area contributed by atoms with Crippen LogP contribution in [0.2, 0.25) is 0 Å². The van der Waals surface area contributed by atoms with Gasteiger partial charge in [0.05, 0.1) is 0 Å². The minimum absolute atomic E-state index is 0.0917. The minimum atomic E-state index is -0.266. The highest BCUT2D eigenvalue weighted by Gasteiger charge is 2.25. The van der Waals surface area contributed by atoms with Crippen molar-refractivity contribution in [1.82, 2.24) is 9.80 Å². The Balaban J connectivity index is 1.42. The Bertz CT molecular complexity index is 784. The maximum atomic E-state index is 12.9. The number of rotatable bonds is 6. The third-order valence-electron chi connectivity index (χ3n) is 5.38. The van der Waals surface area contributed by atoms with Gasteiger partial charge in [-0.05, 0) is 35.6 Å². The molecule has 3 rings (SSSR count). The molecular weight excluding hydrogens is 355 g/mol. The highest BCUT2D eigenvalue weighted by atomic mass is 19.1. The van der Waals surface area contributed by atoms with Gasteiger partial charge in [0.15, 0.2) is 0 Å². The molecule has 1 saturated heterocycles. The number of nitrogens with zero attached hydrogens (tertiary/aromatic N) is 2. The standard InChI is InChI=1S/C23H27FN2O2/c1-18(20-5-3-2-4-6-20)17-23(28)26-15-13-25(14-16-26)22(27)12-9-19-7-10-21(24)11-8-19/h2-8,10-11,18H,9,12-17H2,1H3. The number of halogens is 1. The quantitative estimate of drug-likeness (QED) is 0.766. The van der Waals surface area contributed by atoms with Crippen molar-refractivity contribution < 1.29 is 14.0 Å². The fourth-order valence-electron chi connectivity index (χ4n) is 3.56. The van der Waals surface area contributed by atoms with E-state index in [2.05, 4.69) is 19.1 Å². The maximum Gasteiger partial charge on any atom is 0.223 e. The normalized spacial score (nSPS) is 15.4. The van der Waals surface area contributed by atoms with Crippen LogP contribution in [-0.2, 0) is 16.0 Å². The molecule has 0 aromatic heterocycles. The number of hydrogen-bond acceptors (Lipinski definition) is 2. The predicted molar refractivity (Wildman–Crippen MR) is 107 cm³/mol. The molecule has 0 bridgehead atoms. The first kappa shape index (κ1) is 20.1. The van der Waals surface area contributed by atoms with Crippen molar-refractivity contribution >= 4 is 11.8 Å². The summed E-state index contributed by atoms with van der Waals surface area (Å²) in [5.41, 5.74) is 2.13. The Morgan fingerprint density at radius 3 is 2.07 bits per heavy atom. The summed E-state index contributed by atoms with van der Waals surface area (Å²) in [5, 5.41) is 0. The molecule has 0 N–H and O–H groups in total. The summed E-state index contributed by atoms with van der Waals surface area (Å²) in [7, 11) is 0. The van der Waals surface area contributed by atoms with Crippen LogP contribution in [0.4, 0.5) is 4.39 Å². The van der Waals surface area contributed by atoms with Crippen molar-refractivity contribution in [3.05, 3.63) is 71.5 Å². The molecule has 4 nitrogen and oxygen atoms in total. The average Bonchev–Trinajstić information content (AvgIpc) is 2.73. The molecule has 2 aromatic carbocycles. The van der Waals surface area contributed by atoms with E-state index in [1.165, 1.54) is 17.7 Å². The predicted octanol–water partition coefficient (Wildman–Crippen LogP) is 3.62. The molecule has 1 aliphatic heterocycles. The number of aryl methyl sites for hydroxylation is 1. The van der Waals surface area contributed by atoms with E-state index >= 15 is 0 Å². The van der Waals surface area contributed by atoms with Gasteiger partial charge in [0, 0.05) is 39.0 Å². The lowest BCUT2D eigenvalue weighted by Gasteiger charge is -2.35. The van der Waals surface area contributed by atoms with Gasteiger partial charge in [-0.25, -0.2) is 4.39 Å². The fourth-order valence-corrected chi connectivity index (χ4v) is 3.56. The van der Waals surface area contributed by atoms with Crippen molar-refractivity contribution in [2.75, 3.05) is 26.2 Å². The Hall–Kier alpha value is -2.69. The third kappa shape index (κ3) is 5.41. The Labute approximate surface area is 166 Å². The van der Waals surface area contributed by atoms with Crippen molar-refractivity contribution in [3.63, 3.8) is 0 Å². The van der Waals surface area contributed by atoms with Crippen LogP contribution in [0.25, 0.3) is 0 Å². The highest BCUT2D eigenvalue weighted by Crippen LogP contribution is 2.20. The first-order chi connectivity index (χ1) is 13.5. The van der Waals surface area contributed by atoms with E-state index in [9.17, 15) is 14.0 Å². The monoisotopic (exact) mass is 382 g/mol. The number of piperazine rings is 1. The average molecular weight is 382 g/mol.